The lowest BCUT2D eigenvalue weighted by Crippen LogP contribution is -2.34. The molecule has 10 nitrogen and oxygen atoms in total. The van der Waals surface area contributed by atoms with Gasteiger partial charge in [-0.25, -0.2) is 0 Å². The van der Waals surface area contributed by atoms with Gasteiger partial charge in [-0.2, -0.15) is 4.80 Å². The number of aromatic nitrogens is 3. The van der Waals surface area contributed by atoms with E-state index in [0.717, 1.165) is 37.2 Å². The van der Waals surface area contributed by atoms with Crippen molar-refractivity contribution in [2.24, 2.45) is 0 Å². The molecule has 0 aliphatic carbocycles. The van der Waals surface area contributed by atoms with Crippen LogP contribution < -0.4 is 15.5 Å². The summed E-state index contributed by atoms with van der Waals surface area (Å²) in [5.74, 6) is -0.541. The summed E-state index contributed by atoms with van der Waals surface area (Å²) < 4.78 is 0. The summed E-state index contributed by atoms with van der Waals surface area (Å²) in [4.78, 5) is 27.5. The van der Waals surface area contributed by atoms with Crippen molar-refractivity contribution in [3.8, 4) is 5.69 Å². The number of fused-ring (bicyclic) bond motifs is 1. The fourth-order valence-electron chi connectivity index (χ4n) is 4.26. The number of carbonyl (C=O) groups excluding carboxylic acids is 1. The van der Waals surface area contributed by atoms with Crippen molar-refractivity contribution in [2.45, 2.75) is 19.8 Å². The molecule has 0 spiro atoms. The van der Waals surface area contributed by atoms with Crippen LogP contribution in [-0.2, 0) is 0 Å². The number of amides is 1. The van der Waals surface area contributed by atoms with E-state index in [1.54, 1.807) is 30.3 Å². The second kappa shape index (κ2) is 10.1. The molecule has 1 saturated heterocycles. The number of nitro benzene ring substituents is 1. The van der Waals surface area contributed by atoms with E-state index in [4.69, 9.17) is 23.8 Å². The Bertz CT molecular complexity index is 1530. The number of nitrogens with zero attached hydrogens (tertiary/aromatic N) is 5. The van der Waals surface area contributed by atoms with Crippen LogP contribution in [0.4, 0.5) is 17.1 Å². The fraction of sp³-hybridized carbons (Fsp3) is 0.200. The zero-order chi connectivity index (χ0) is 26.1. The van der Waals surface area contributed by atoms with Crippen LogP contribution in [0.1, 0.15) is 28.8 Å². The van der Waals surface area contributed by atoms with Crippen molar-refractivity contribution in [3.05, 3.63) is 80.9 Å². The quantitative estimate of drug-likeness (QED) is 0.208. The standard InChI is InChI=1S/C25H22ClN7O3S/c1-15-12-20-21(30-32(29-20)18-7-5-17(26)6-8-18)14-19(15)27-25(37)28-24(34)16-4-9-22(23(13-16)33(35)36)31-10-2-3-11-31/h4-9,12-14H,2-3,10-11H2,1H3,(H2,27,28,34,37). The summed E-state index contributed by atoms with van der Waals surface area (Å²) in [6.07, 6.45) is 1.98. The molecule has 0 bridgehead atoms. The zero-order valence-electron chi connectivity index (χ0n) is 19.8. The van der Waals surface area contributed by atoms with Gasteiger partial charge in [0.2, 0.25) is 0 Å². The Balaban J connectivity index is 1.31. The Kier molecular flexibility index (Phi) is 6.72. The number of halogens is 1. The molecule has 188 valence electrons. The minimum absolute atomic E-state index is 0.0591. The Morgan fingerprint density at radius 2 is 1.73 bits per heavy atom. The van der Waals surface area contributed by atoms with Crippen molar-refractivity contribution in [2.75, 3.05) is 23.3 Å². The number of rotatable bonds is 5. The Hall–Kier alpha value is -4.09. The zero-order valence-corrected chi connectivity index (χ0v) is 21.3. The van der Waals surface area contributed by atoms with E-state index in [1.807, 2.05) is 30.0 Å². The third-order valence-electron chi connectivity index (χ3n) is 6.14. The predicted octanol–water partition coefficient (Wildman–Crippen LogP) is 5.02. The third kappa shape index (κ3) is 5.23. The van der Waals surface area contributed by atoms with Crippen LogP contribution in [0.3, 0.4) is 0 Å². The minimum Gasteiger partial charge on any atom is -0.366 e. The molecule has 1 aliphatic rings. The van der Waals surface area contributed by atoms with Crippen LogP contribution in [0.2, 0.25) is 5.02 Å². The van der Waals surface area contributed by atoms with E-state index in [0.29, 0.717) is 27.4 Å². The Morgan fingerprint density at radius 1 is 1.05 bits per heavy atom. The van der Waals surface area contributed by atoms with Crippen molar-refractivity contribution in [1.29, 1.82) is 0 Å². The molecule has 1 fully saturated rings. The highest BCUT2D eigenvalue weighted by atomic mass is 35.5. The molecule has 1 aromatic heterocycles. The summed E-state index contributed by atoms with van der Waals surface area (Å²) in [6.45, 7) is 3.41. The first-order valence-electron chi connectivity index (χ1n) is 11.6. The molecule has 1 aliphatic heterocycles. The first-order valence-corrected chi connectivity index (χ1v) is 12.4. The average Bonchev–Trinajstić information content (AvgIpc) is 3.54. The summed E-state index contributed by atoms with van der Waals surface area (Å²) in [7, 11) is 0. The van der Waals surface area contributed by atoms with E-state index in [2.05, 4.69) is 20.8 Å². The highest BCUT2D eigenvalue weighted by molar-refractivity contribution is 7.80. The summed E-state index contributed by atoms with van der Waals surface area (Å²) in [5, 5.41) is 27.0. The van der Waals surface area contributed by atoms with Crippen LogP contribution in [0.25, 0.3) is 16.7 Å². The Morgan fingerprint density at radius 3 is 2.41 bits per heavy atom. The summed E-state index contributed by atoms with van der Waals surface area (Å²) in [6, 6.07) is 15.3. The fourth-order valence-corrected chi connectivity index (χ4v) is 4.59. The van der Waals surface area contributed by atoms with Crippen molar-refractivity contribution >= 4 is 62.9 Å². The second-order valence-corrected chi connectivity index (χ2v) is 9.53. The van der Waals surface area contributed by atoms with E-state index in [-0.39, 0.29) is 16.4 Å². The third-order valence-corrected chi connectivity index (χ3v) is 6.60. The first-order chi connectivity index (χ1) is 17.8. The van der Waals surface area contributed by atoms with Crippen LogP contribution in [0, 0.1) is 17.0 Å². The number of carbonyl (C=O) groups is 1. The molecule has 5 rings (SSSR count). The molecular formula is C25H22ClN7O3S. The van der Waals surface area contributed by atoms with Gasteiger partial charge in [-0.15, -0.1) is 10.2 Å². The maximum absolute atomic E-state index is 12.8. The van der Waals surface area contributed by atoms with Gasteiger partial charge >= 0.3 is 0 Å². The SMILES string of the molecule is Cc1cc2nn(-c3ccc(Cl)cc3)nc2cc1NC(=S)NC(=O)c1ccc(N2CCCC2)c([N+](=O)[O-])c1. The molecule has 0 unspecified atom stereocenters. The van der Waals surface area contributed by atoms with Gasteiger partial charge in [0.25, 0.3) is 11.6 Å². The lowest BCUT2D eigenvalue weighted by molar-refractivity contribution is -0.384. The molecule has 2 N–H and O–H groups in total. The van der Waals surface area contributed by atoms with Gasteiger partial charge in [0.1, 0.15) is 16.7 Å². The molecule has 0 radical (unpaired) electrons. The molecule has 0 saturated carbocycles. The number of aryl methyl sites for hydroxylation is 1. The molecule has 1 amide bonds. The van der Waals surface area contributed by atoms with Crippen molar-refractivity contribution in [1.82, 2.24) is 20.3 Å². The normalized spacial score (nSPS) is 13.1. The number of hydrogen-bond acceptors (Lipinski definition) is 7. The number of hydrogen-bond donors (Lipinski definition) is 2. The highest BCUT2D eigenvalue weighted by Gasteiger charge is 2.24. The van der Waals surface area contributed by atoms with E-state index < -0.39 is 10.8 Å². The summed E-state index contributed by atoms with van der Waals surface area (Å²) >= 11 is 11.3. The second-order valence-electron chi connectivity index (χ2n) is 8.68. The van der Waals surface area contributed by atoms with Crippen LogP contribution in [0.5, 0.6) is 0 Å². The monoisotopic (exact) mass is 535 g/mol. The molecule has 3 aromatic carbocycles. The van der Waals surface area contributed by atoms with Gasteiger partial charge in [0, 0.05) is 35.4 Å². The Labute approximate surface area is 222 Å². The predicted molar refractivity (Wildman–Crippen MR) is 147 cm³/mol. The topological polar surface area (TPSA) is 118 Å². The van der Waals surface area contributed by atoms with Crippen molar-refractivity contribution < 1.29 is 9.72 Å². The maximum Gasteiger partial charge on any atom is 0.293 e. The van der Waals surface area contributed by atoms with Gasteiger partial charge in [-0.05, 0) is 86.1 Å². The van der Waals surface area contributed by atoms with Gasteiger partial charge < -0.3 is 10.2 Å². The summed E-state index contributed by atoms with van der Waals surface area (Å²) in [5.41, 5.74) is 4.16. The van der Waals surface area contributed by atoms with Gasteiger partial charge in [0.15, 0.2) is 5.11 Å². The molecule has 12 heteroatoms. The van der Waals surface area contributed by atoms with Crippen LogP contribution >= 0.6 is 23.8 Å². The van der Waals surface area contributed by atoms with Gasteiger partial charge in [0.05, 0.1) is 10.6 Å². The minimum atomic E-state index is -0.541. The molecule has 4 aromatic rings. The van der Waals surface area contributed by atoms with Crippen LogP contribution in [-0.4, -0.2) is 44.0 Å². The average molecular weight is 536 g/mol. The number of nitrogens with one attached hydrogen (secondary N) is 2. The lowest BCUT2D eigenvalue weighted by Gasteiger charge is -2.18. The molecule has 0 atom stereocenters. The smallest absolute Gasteiger partial charge is 0.293 e. The van der Waals surface area contributed by atoms with E-state index in [9.17, 15) is 14.9 Å². The number of benzene rings is 3. The highest BCUT2D eigenvalue weighted by Crippen LogP contribution is 2.31. The van der Waals surface area contributed by atoms with Crippen molar-refractivity contribution in [3.63, 3.8) is 0 Å². The lowest BCUT2D eigenvalue weighted by atomic mass is 10.1. The molecule has 2 heterocycles. The van der Waals surface area contributed by atoms with E-state index in [1.165, 1.54) is 10.9 Å². The number of anilines is 2. The number of nitro groups is 1. The van der Waals surface area contributed by atoms with Crippen LogP contribution in [0.15, 0.2) is 54.6 Å². The van der Waals surface area contributed by atoms with Gasteiger partial charge in [-0.3, -0.25) is 20.2 Å². The molecular weight excluding hydrogens is 514 g/mol. The largest absolute Gasteiger partial charge is 0.366 e. The van der Waals surface area contributed by atoms with E-state index >= 15 is 0 Å². The maximum atomic E-state index is 12.8. The number of thiocarbonyl (C=S) groups is 1. The van der Waals surface area contributed by atoms with Gasteiger partial charge in [-0.1, -0.05) is 11.6 Å². The first kappa shape index (κ1) is 24.6. The molecule has 37 heavy (non-hydrogen) atoms.